The summed E-state index contributed by atoms with van der Waals surface area (Å²) in [5, 5.41) is 5.11. The van der Waals surface area contributed by atoms with Gasteiger partial charge in [0.05, 0.1) is 17.8 Å². The Balaban J connectivity index is 1.70. The molecule has 0 bridgehead atoms. The van der Waals surface area contributed by atoms with Crippen LogP contribution in [0.25, 0.3) is 0 Å². The van der Waals surface area contributed by atoms with E-state index in [0.717, 1.165) is 25.0 Å². The number of ether oxygens (including phenoxy) is 1. The first kappa shape index (κ1) is 23.7. The summed E-state index contributed by atoms with van der Waals surface area (Å²) in [6.07, 6.45) is -3.58. The van der Waals surface area contributed by atoms with Gasteiger partial charge in [-0.15, -0.1) is 0 Å². The molecule has 2 aromatic rings. The number of benzene rings is 1. The second-order valence-corrected chi connectivity index (χ2v) is 8.11. The lowest BCUT2D eigenvalue weighted by molar-refractivity contribution is -0.143. The number of hydrogen-bond donors (Lipinski definition) is 2. The lowest BCUT2D eigenvalue weighted by Gasteiger charge is -2.34. The van der Waals surface area contributed by atoms with Crippen molar-refractivity contribution in [2.24, 2.45) is 0 Å². The van der Waals surface area contributed by atoms with E-state index in [9.17, 15) is 31.5 Å². The van der Waals surface area contributed by atoms with E-state index in [1.54, 1.807) is 0 Å². The Bertz CT molecular complexity index is 1110. The van der Waals surface area contributed by atoms with E-state index in [2.05, 4.69) is 15.6 Å². The summed E-state index contributed by atoms with van der Waals surface area (Å²) in [4.78, 5) is 29.5. The second-order valence-electron chi connectivity index (χ2n) is 8.11. The molecule has 1 aliphatic heterocycles. The van der Waals surface area contributed by atoms with Crippen molar-refractivity contribution >= 4 is 11.9 Å². The topological polar surface area (TPSA) is 83.6 Å². The Hall–Kier alpha value is -3.44. The number of carbonyl (C=O) groups excluding carboxylic acids is 2. The van der Waals surface area contributed by atoms with Gasteiger partial charge >= 0.3 is 12.2 Å². The molecule has 2 fully saturated rings. The van der Waals surface area contributed by atoms with Gasteiger partial charge in [-0.1, -0.05) is 6.07 Å². The number of urea groups is 1. The summed E-state index contributed by atoms with van der Waals surface area (Å²) in [5.41, 5.74) is -2.05. The predicted octanol–water partition coefficient (Wildman–Crippen LogP) is 3.54. The Kier molecular flexibility index (Phi) is 6.32. The van der Waals surface area contributed by atoms with Crippen LogP contribution in [0.2, 0.25) is 0 Å². The number of nitrogens with zero attached hydrogens (tertiary/aromatic N) is 2. The number of alkyl halides is 3. The van der Waals surface area contributed by atoms with Crippen LogP contribution in [0.1, 0.15) is 42.8 Å². The molecule has 1 saturated carbocycles. The SMILES string of the molecule is C[C@@H]1C(=O)NCCN1C(=O)N[C@@H](c1ccc(OC2CC2)c(F)c1)c1ccc(F)c(C(F)(F)F)n1. The van der Waals surface area contributed by atoms with Crippen LogP contribution in [0.5, 0.6) is 5.75 Å². The maximum atomic E-state index is 14.7. The molecule has 0 radical (unpaired) electrons. The van der Waals surface area contributed by atoms with Gasteiger partial charge in [0.15, 0.2) is 23.1 Å². The molecule has 1 aromatic carbocycles. The molecule has 3 amide bonds. The average molecular weight is 484 g/mol. The van der Waals surface area contributed by atoms with Crippen LogP contribution in [0.15, 0.2) is 30.3 Å². The molecule has 34 heavy (non-hydrogen) atoms. The van der Waals surface area contributed by atoms with E-state index >= 15 is 0 Å². The number of nitrogens with one attached hydrogen (secondary N) is 2. The predicted molar refractivity (Wildman–Crippen MR) is 109 cm³/mol. The van der Waals surface area contributed by atoms with Crippen molar-refractivity contribution < 1.29 is 36.3 Å². The molecule has 0 unspecified atom stereocenters. The van der Waals surface area contributed by atoms with Crippen LogP contribution < -0.4 is 15.4 Å². The van der Waals surface area contributed by atoms with Crippen LogP contribution in [0.4, 0.5) is 26.7 Å². The van der Waals surface area contributed by atoms with Gasteiger partial charge in [0.25, 0.3) is 0 Å². The fraction of sp³-hybridized carbons (Fsp3) is 0.409. The molecular weight excluding hydrogens is 463 g/mol. The molecule has 1 saturated heterocycles. The Morgan fingerprint density at radius 3 is 2.59 bits per heavy atom. The third kappa shape index (κ3) is 5.05. The Labute approximate surface area is 191 Å². The average Bonchev–Trinajstić information content (AvgIpc) is 3.59. The van der Waals surface area contributed by atoms with Crippen molar-refractivity contribution in [3.8, 4) is 5.75 Å². The van der Waals surface area contributed by atoms with Crippen molar-refractivity contribution in [2.75, 3.05) is 13.1 Å². The van der Waals surface area contributed by atoms with Crippen LogP contribution in [0.3, 0.4) is 0 Å². The third-order valence-corrected chi connectivity index (χ3v) is 5.57. The fourth-order valence-electron chi connectivity index (χ4n) is 3.57. The molecule has 0 spiro atoms. The number of amides is 3. The third-order valence-electron chi connectivity index (χ3n) is 5.57. The monoisotopic (exact) mass is 484 g/mol. The van der Waals surface area contributed by atoms with Gasteiger partial charge in [0.2, 0.25) is 5.91 Å². The summed E-state index contributed by atoms with van der Waals surface area (Å²) >= 11 is 0. The molecule has 182 valence electrons. The van der Waals surface area contributed by atoms with E-state index in [4.69, 9.17) is 4.74 Å². The van der Waals surface area contributed by atoms with Crippen molar-refractivity contribution in [3.05, 3.63) is 58.9 Å². The molecule has 1 aromatic heterocycles. The summed E-state index contributed by atoms with van der Waals surface area (Å²) in [5.74, 6) is -2.78. The van der Waals surface area contributed by atoms with Gasteiger partial charge in [-0.25, -0.2) is 18.6 Å². The molecule has 4 rings (SSSR count). The number of carbonyl (C=O) groups is 2. The standard InChI is InChI=1S/C22H21F5N4O3/c1-11-20(32)28-8-9-31(11)21(33)30-18(16-6-5-14(23)19(29-16)22(25,26)27)12-2-7-17(15(24)10-12)34-13-3-4-13/h2,5-7,10-11,13,18H,3-4,8-9H2,1H3,(H,28,32)(H,30,33)/t11-,18+/m1/s1. The van der Waals surface area contributed by atoms with E-state index in [1.165, 1.54) is 24.0 Å². The highest BCUT2D eigenvalue weighted by atomic mass is 19.4. The minimum Gasteiger partial charge on any atom is -0.487 e. The van der Waals surface area contributed by atoms with Crippen LogP contribution in [-0.4, -0.2) is 47.1 Å². The van der Waals surface area contributed by atoms with Crippen LogP contribution >= 0.6 is 0 Å². The Morgan fingerprint density at radius 2 is 1.94 bits per heavy atom. The number of aromatic nitrogens is 1. The van der Waals surface area contributed by atoms with E-state index in [0.29, 0.717) is 6.07 Å². The molecule has 2 heterocycles. The van der Waals surface area contributed by atoms with Gasteiger partial charge in [0, 0.05) is 13.1 Å². The maximum absolute atomic E-state index is 14.7. The van der Waals surface area contributed by atoms with Gasteiger partial charge in [-0.05, 0) is 49.6 Å². The molecule has 2 aliphatic rings. The van der Waals surface area contributed by atoms with E-state index < -0.39 is 47.5 Å². The number of rotatable bonds is 5. The molecule has 7 nitrogen and oxygen atoms in total. The number of pyridine rings is 1. The molecule has 12 heteroatoms. The summed E-state index contributed by atoms with van der Waals surface area (Å²) < 4.78 is 73.8. The zero-order valence-corrected chi connectivity index (χ0v) is 18.0. The summed E-state index contributed by atoms with van der Waals surface area (Å²) in [6.45, 7) is 1.83. The zero-order chi connectivity index (χ0) is 24.6. The first-order chi connectivity index (χ1) is 16.0. The fourth-order valence-corrected chi connectivity index (χ4v) is 3.57. The minimum atomic E-state index is -5.08. The van der Waals surface area contributed by atoms with Crippen molar-refractivity contribution in [1.82, 2.24) is 20.5 Å². The highest BCUT2D eigenvalue weighted by molar-refractivity contribution is 5.88. The lowest BCUT2D eigenvalue weighted by Crippen LogP contribution is -2.58. The quantitative estimate of drug-likeness (QED) is 0.636. The van der Waals surface area contributed by atoms with Gasteiger partial charge in [-0.3, -0.25) is 4.79 Å². The van der Waals surface area contributed by atoms with E-state index in [-0.39, 0.29) is 36.2 Å². The van der Waals surface area contributed by atoms with Gasteiger partial charge in [0.1, 0.15) is 6.04 Å². The minimum absolute atomic E-state index is 0.0271. The molecule has 2 atom stereocenters. The smallest absolute Gasteiger partial charge is 0.436 e. The van der Waals surface area contributed by atoms with Gasteiger partial charge < -0.3 is 20.3 Å². The van der Waals surface area contributed by atoms with Crippen LogP contribution in [-0.2, 0) is 11.0 Å². The largest absolute Gasteiger partial charge is 0.487 e. The molecule has 1 aliphatic carbocycles. The molecular formula is C22H21F5N4O3. The van der Waals surface area contributed by atoms with Gasteiger partial charge in [-0.2, -0.15) is 13.2 Å². The number of piperazine rings is 1. The highest BCUT2D eigenvalue weighted by Crippen LogP contribution is 2.34. The second kappa shape index (κ2) is 9.07. The normalized spacial score (nSPS) is 19.4. The molecule has 2 N–H and O–H groups in total. The lowest BCUT2D eigenvalue weighted by atomic mass is 10.0. The number of hydrogen-bond acceptors (Lipinski definition) is 4. The summed E-state index contributed by atoms with van der Waals surface area (Å²) in [6, 6.07) is 2.31. The van der Waals surface area contributed by atoms with E-state index in [1.807, 2.05) is 0 Å². The first-order valence-corrected chi connectivity index (χ1v) is 10.6. The highest BCUT2D eigenvalue weighted by Gasteiger charge is 2.38. The first-order valence-electron chi connectivity index (χ1n) is 10.6. The Morgan fingerprint density at radius 1 is 1.21 bits per heavy atom. The summed E-state index contributed by atoms with van der Waals surface area (Å²) in [7, 11) is 0. The maximum Gasteiger partial charge on any atom is 0.436 e. The zero-order valence-electron chi connectivity index (χ0n) is 18.0. The number of halogens is 5. The van der Waals surface area contributed by atoms with Crippen LogP contribution in [0, 0.1) is 11.6 Å². The van der Waals surface area contributed by atoms with Crippen molar-refractivity contribution in [3.63, 3.8) is 0 Å². The van der Waals surface area contributed by atoms with Crippen molar-refractivity contribution in [2.45, 2.75) is 44.1 Å². The van der Waals surface area contributed by atoms with Crippen molar-refractivity contribution in [1.29, 1.82) is 0 Å².